The Bertz CT molecular complexity index is 260. The Morgan fingerprint density at radius 3 is 1.33 bits per heavy atom. The monoisotopic (exact) mass is 294 g/mol. The zero-order valence-corrected chi connectivity index (χ0v) is 11.3. The molecule has 84 valence electrons. The summed E-state index contributed by atoms with van der Waals surface area (Å²) in [7, 11) is 0. The molecule has 15 heavy (non-hydrogen) atoms. The minimum absolute atomic E-state index is 0.265. The molecule has 1 aliphatic rings. The molecule has 0 atom stereocenters. The largest absolute Gasteiger partial charge is 0.281 e. The third kappa shape index (κ3) is 3.20. The predicted octanol–water partition coefficient (Wildman–Crippen LogP) is 2.39. The summed E-state index contributed by atoms with van der Waals surface area (Å²) in [5.41, 5.74) is 4.68. The maximum absolute atomic E-state index is 7.50. The summed E-state index contributed by atoms with van der Waals surface area (Å²) in [4.78, 5) is 15.0. The van der Waals surface area contributed by atoms with Crippen molar-refractivity contribution in [1.82, 2.24) is 0 Å². The Hall–Kier alpha value is -0.557. The van der Waals surface area contributed by atoms with Crippen LogP contribution in [0.1, 0.15) is 34.6 Å². The van der Waals surface area contributed by atoms with Crippen LogP contribution in [-0.4, -0.2) is 13.6 Å². The van der Waals surface area contributed by atoms with Crippen LogP contribution in [0.5, 0.6) is 0 Å². The van der Waals surface area contributed by atoms with Crippen molar-refractivity contribution < 1.29 is 27.9 Å². The third-order valence-corrected chi connectivity index (χ3v) is 4.53. The third-order valence-electron chi connectivity index (χ3n) is 2.90. The van der Waals surface area contributed by atoms with E-state index in [-0.39, 0.29) is 5.41 Å². The molecule has 0 saturated heterocycles. The molecule has 1 rings (SSSR count). The van der Waals surface area contributed by atoms with Crippen molar-refractivity contribution >= 4 is 13.6 Å². The molecule has 0 bridgehead atoms. The van der Waals surface area contributed by atoms with Crippen LogP contribution >= 0.6 is 0 Å². The summed E-state index contributed by atoms with van der Waals surface area (Å²) < 4.78 is 1.42. The van der Waals surface area contributed by atoms with Crippen molar-refractivity contribution in [2.75, 3.05) is 0 Å². The molecule has 1 aliphatic carbocycles. The Balaban J connectivity index is 0. The zero-order valence-electron chi connectivity index (χ0n) is 9.65. The van der Waals surface area contributed by atoms with Crippen LogP contribution in [-0.2, 0) is 27.9 Å². The van der Waals surface area contributed by atoms with Crippen molar-refractivity contribution in [1.29, 1.82) is 0 Å². The van der Waals surface area contributed by atoms with Gasteiger partial charge < -0.3 is 0 Å². The van der Waals surface area contributed by atoms with Gasteiger partial charge in [-0.25, -0.2) is 0 Å². The predicted molar refractivity (Wildman–Crippen MR) is 56.2 cm³/mol. The second kappa shape index (κ2) is 6.84. The number of rotatable bonds is 0. The van der Waals surface area contributed by atoms with E-state index in [0.717, 1.165) is 0 Å². The number of carbonyl (C=O) groups excluding carboxylic acids is 2. The van der Waals surface area contributed by atoms with Gasteiger partial charge in [0.25, 0.3) is 13.6 Å². The fourth-order valence-corrected chi connectivity index (χ4v) is 2.15. The Kier molecular flexibility index (Phi) is 7.69. The van der Waals surface area contributed by atoms with Gasteiger partial charge in [-0.1, -0.05) is 0 Å². The van der Waals surface area contributed by atoms with Crippen molar-refractivity contribution in [2.45, 2.75) is 34.6 Å². The van der Waals surface area contributed by atoms with Gasteiger partial charge in [0.1, 0.15) is 0 Å². The molecule has 0 aromatic rings. The fraction of sp³-hybridized carbons (Fsp3) is 0.500. The van der Waals surface area contributed by atoms with Crippen LogP contribution < -0.4 is 0 Å². The van der Waals surface area contributed by atoms with Gasteiger partial charge in [-0.3, -0.25) is 9.59 Å². The van der Waals surface area contributed by atoms with E-state index in [4.69, 9.17) is 9.59 Å². The molecule has 0 aliphatic heterocycles. The second-order valence-electron chi connectivity index (χ2n) is 3.79. The standard InChI is InChI=1S/C10H15.2CO.Rh/c1-7-6-10(4,5)9(3)8(7)2;2*1-2;/h1-5H3;;;. The zero-order chi connectivity index (χ0) is 12.8. The maximum atomic E-state index is 7.50. The average Bonchev–Trinajstić information content (AvgIpc) is 2.40. The van der Waals surface area contributed by atoms with Crippen LogP contribution in [0, 0.1) is 5.41 Å². The van der Waals surface area contributed by atoms with Gasteiger partial charge in [0.05, 0.1) is 0 Å². The normalized spacial score (nSPS) is 17.8. The molecule has 0 amide bonds. The smallest absolute Gasteiger partial charge is 0.281 e. The van der Waals surface area contributed by atoms with E-state index >= 15 is 0 Å². The molecule has 2 nitrogen and oxygen atoms in total. The maximum Gasteiger partial charge on any atom is 0.281 e. The van der Waals surface area contributed by atoms with E-state index < -0.39 is 0 Å². The Labute approximate surface area is 103 Å². The molecule has 0 fully saturated rings. The Morgan fingerprint density at radius 2 is 1.27 bits per heavy atom. The van der Waals surface area contributed by atoms with Crippen LogP contribution in [0.4, 0.5) is 0 Å². The molecule has 0 unspecified atom stereocenters. The van der Waals surface area contributed by atoms with E-state index in [0.29, 0.717) is 0 Å². The number of hydrogen-bond donors (Lipinski definition) is 0. The van der Waals surface area contributed by atoms with Gasteiger partial charge >= 0.3 is 79.2 Å². The van der Waals surface area contributed by atoms with Gasteiger partial charge in [0.2, 0.25) is 0 Å². The van der Waals surface area contributed by atoms with E-state index in [1.807, 2.05) is 0 Å². The molecular weight excluding hydrogens is 279 g/mol. The first-order valence-corrected chi connectivity index (χ1v) is 5.14. The van der Waals surface area contributed by atoms with Crippen LogP contribution in [0.25, 0.3) is 0 Å². The summed E-state index contributed by atoms with van der Waals surface area (Å²) in [6, 6.07) is 0. The summed E-state index contributed by atoms with van der Waals surface area (Å²) in [5.74, 6) is 0. The number of allylic oxidation sites excluding steroid dienone is 4. The first kappa shape index (κ1) is 16.9. The molecule has 0 saturated carbocycles. The van der Waals surface area contributed by atoms with Gasteiger partial charge in [-0.15, -0.1) is 0 Å². The van der Waals surface area contributed by atoms with Crippen molar-refractivity contribution in [3.8, 4) is 0 Å². The molecule has 0 spiro atoms. The first-order chi connectivity index (χ1) is 6.89. The SMILES string of the molecule is CC1=C(C)C(C)(C)[C]([Rh])=C1C.[C]=O.[C]=O. The van der Waals surface area contributed by atoms with Crippen molar-refractivity contribution in [3.05, 3.63) is 20.9 Å². The van der Waals surface area contributed by atoms with Gasteiger partial charge in [0.15, 0.2) is 0 Å². The molecule has 0 aromatic heterocycles. The van der Waals surface area contributed by atoms with E-state index in [1.54, 1.807) is 0 Å². The number of hydrogen-bond acceptors (Lipinski definition) is 2. The molecule has 0 N–H and O–H groups in total. The Morgan fingerprint density at radius 1 is 0.933 bits per heavy atom. The summed E-state index contributed by atoms with van der Waals surface area (Å²) in [5, 5.41) is 0. The molecular formula is C12H15O2Rh. The van der Waals surface area contributed by atoms with Crippen LogP contribution in [0.2, 0.25) is 0 Å². The first-order valence-electron chi connectivity index (χ1n) is 4.32. The van der Waals surface area contributed by atoms with Gasteiger partial charge in [-0.05, 0) is 0 Å². The molecule has 0 heterocycles. The topological polar surface area (TPSA) is 34.1 Å². The quantitative estimate of drug-likeness (QED) is 0.643. The average molecular weight is 294 g/mol. The molecule has 3 heteroatoms. The van der Waals surface area contributed by atoms with Crippen molar-refractivity contribution in [2.24, 2.45) is 5.41 Å². The van der Waals surface area contributed by atoms with Gasteiger partial charge in [-0.2, -0.15) is 0 Å². The summed E-state index contributed by atoms with van der Waals surface area (Å²) in [6.07, 6.45) is 0. The molecule has 4 radical (unpaired) electrons. The van der Waals surface area contributed by atoms with Gasteiger partial charge in [0, 0.05) is 0 Å². The summed E-state index contributed by atoms with van der Waals surface area (Å²) in [6.45, 7) is 20.2. The summed E-state index contributed by atoms with van der Waals surface area (Å²) >= 11 is 3.07. The minimum atomic E-state index is 0.265. The van der Waals surface area contributed by atoms with Crippen molar-refractivity contribution in [3.63, 3.8) is 0 Å². The second-order valence-corrected chi connectivity index (χ2v) is 4.61. The molecule has 0 aromatic carbocycles. The van der Waals surface area contributed by atoms with E-state index in [1.165, 1.54) is 20.9 Å². The minimum Gasteiger partial charge on any atom is -0.281 e. The van der Waals surface area contributed by atoms with Crippen LogP contribution in [0.15, 0.2) is 20.9 Å². The van der Waals surface area contributed by atoms with E-state index in [2.05, 4.69) is 66.5 Å². The fourth-order valence-electron chi connectivity index (χ4n) is 1.53. The van der Waals surface area contributed by atoms with E-state index in [9.17, 15) is 0 Å². The van der Waals surface area contributed by atoms with Crippen LogP contribution in [0.3, 0.4) is 0 Å².